The van der Waals surface area contributed by atoms with E-state index in [1.54, 1.807) is 16.0 Å². The molecule has 0 amide bonds. The number of nitrogens with zero attached hydrogens (tertiary/aromatic N) is 5. The second kappa shape index (κ2) is 6.01. The van der Waals surface area contributed by atoms with Gasteiger partial charge in [0.25, 0.3) is 0 Å². The fourth-order valence-corrected chi connectivity index (χ4v) is 3.65. The Kier molecular flexibility index (Phi) is 3.70. The van der Waals surface area contributed by atoms with Crippen molar-refractivity contribution < 1.29 is 0 Å². The summed E-state index contributed by atoms with van der Waals surface area (Å²) in [4.78, 5) is 10.2. The quantitative estimate of drug-likeness (QED) is 0.618. The first kappa shape index (κ1) is 14.8. The summed E-state index contributed by atoms with van der Waals surface area (Å²) < 4.78 is 1.69. The molecule has 4 rings (SSSR count). The smallest absolute Gasteiger partial charge is 0.139 e. The van der Waals surface area contributed by atoms with Crippen LogP contribution in [0, 0.1) is 6.92 Å². The molecule has 24 heavy (non-hydrogen) atoms. The number of rotatable bonds is 4. The summed E-state index contributed by atoms with van der Waals surface area (Å²) in [6, 6.07) is 10.3. The third kappa shape index (κ3) is 2.74. The fraction of sp³-hybridized carbons (Fsp3) is 0.176. The molecular weight excluding hydrogens is 320 g/mol. The number of benzene rings is 1. The zero-order valence-electron chi connectivity index (χ0n) is 13.4. The molecule has 0 aliphatic carbocycles. The summed E-state index contributed by atoms with van der Waals surface area (Å²) in [5, 5.41) is 14.7. The summed E-state index contributed by atoms with van der Waals surface area (Å²) in [5.41, 5.74) is 3.19. The highest BCUT2D eigenvalue weighted by Gasteiger charge is 2.14. The van der Waals surface area contributed by atoms with Crippen molar-refractivity contribution in [3.05, 3.63) is 53.4 Å². The van der Waals surface area contributed by atoms with Gasteiger partial charge < -0.3 is 5.32 Å². The van der Waals surface area contributed by atoms with E-state index in [1.807, 2.05) is 38.4 Å². The van der Waals surface area contributed by atoms with Crippen molar-refractivity contribution in [2.45, 2.75) is 13.5 Å². The second-order valence-electron chi connectivity index (χ2n) is 5.55. The first-order chi connectivity index (χ1) is 11.7. The van der Waals surface area contributed by atoms with Crippen molar-refractivity contribution in [3.63, 3.8) is 0 Å². The van der Waals surface area contributed by atoms with Gasteiger partial charge in [0, 0.05) is 24.2 Å². The average molecular weight is 336 g/mol. The maximum Gasteiger partial charge on any atom is 0.139 e. The number of thiophene rings is 1. The molecule has 7 heteroatoms. The van der Waals surface area contributed by atoms with Gasteiger partial charge in [0.15, 0.2) is 0 Å². The molecule has 0 fully saturated rings. The van der Waals surface area contributed by atoms with Crippen LogP contribution in [0.3, 0.4) is 0 Å². The van der Waals surface area contributed by atoms with Crippen LogP contribution in [0.4, 0.5) is 5.82 Å². The molecule has 0 aliphatic rings. The first-order valence-electron chi connectivity index (χ1n) is 7.61. The number of nitrogens with one attached hydrogen (secondary N) is 1. The van der Waals surface area contributed by atoms with Gasteiger partial charge in [-0.25, -0.2) is 9.97 Å². The maximum atomic E-state index is 4.61. The van der Waals surface area contributed by atoms with Crippen molar-refractivity contribution in [3.8, 4) is 11.1 Å². The van der Waals surface area contributed by atoms with Crippen LogP contribution >= 0.6 is 11.3 Å². The average Bonchev–Trinajstić information content (AvgIpc) is 3.19. The minimum atomic E-state index is 0.573. The Morgan fingerprint density at radius 2 is 2.00 bits per heavy atom. The Hall–Kier alpha value is -2.80. The van der Waals surface area contributed by atoms with Crippen LogP contribution in [-0.2, 0) is 13.6 Å². The number of hydrogen-bond donors (Lipinski definition) is 1. The van der Waals surface area contributed by atoms with Gasteiger partial charge in [0.05, 0.1) is 11.9 Å². The SMILES string of the molecule is Cc1nc(NCc2cn(C)nn2)c2c(-c3ccccc3)csc2n1. The molecule has 0 radical (unpaired) electrons. The third-order valence-corrected chi connectivity index (χ3v) is 4.59. The topological polar surface area (TPSA) is 68.5 Å². The summed E-state index contributed by atoms with van der Waals surface area (Å²) >= 11 is 1.64. The highest BCUT2D eigenvalue weighted by molar-refractivity contribution is 7.17. The van der Waals surface area contributed by atoms with Gasteiger partial charge in [-0.1, -0.05) is 35.5 Å². The summed E-state index contributed by atoms with van der Waals surface area (Å²) in [6.07, 6.45) is 1.89. The van der Waals surface area contributed by atoms with E-state index in [2.05, 4.69) is 43.1 Å². The Morgan fingerprint density at radius 3 is 2.75 bits per heavy atom. The van der Waals surface area contributed by atoms with Crippen LogP contribution in [-0.4, -0.2) is 25.0 Å². The number of hydrogen-bond acceptors (Lipinski definition) is 6. The van der Waals surface area contributed by atoms with Gasteiger partial charge in [-0.2, -0.15) is 0 Å². The van der Waals surface area contributed by atoms with Crippen molar-refractivity contribution in [1.82, 2.24) is 25.0 Å². The van der Waals surface area contributed by atoms with E-state index >= 15 is 0 Å². The van der Waals surface area contributed by atoms with E-state index in [9.17, 15) is 0 Å². The van der Waals surface area contributed by atoms with Crippen molar-refractivity contribution in [2.75, 3.05) is 5.32 Å². The molecule has 1 aromatic carbocycles. The molecule has 0 unspecified atom stereocenters. The number of fused-ring (bicyclic) bond motifs is 1. The Labute approximate surface area is 143 Å². The molecule has 6 nitrogen and oxygen atoms in total. The lowest BCUT2D eigenvalue weighted by atomic mass is 10.1. The molecule has 0 bridgehead atoms. The van der Waals surface area contributed by atoms with Crippen LogP contribution in [0.5, 0.6) is 0 Å². The highest BCUT2D eigenvalue weighted by Crippen LogP contribution is 2.36. The summed E-state index contributed by atoms with van der Waals surface area (Å²) in [6.45, 7) is 2.48. The van der Waals surface area contributed by atoms with Gasteiger partial charge in [-0.3, -0.25) is 4.68 Å². The Balaban J connectivity index is 1.77. The predicted molar refractivity (Wildman–Crippen MR) is 95.9 cm³/mol. The number of anilines is 1. The Bertz CT molecular complexity index is 989. The van der Waals surface area contributed by atoms with E-state index in [1.165, 1.54) is 5.56 Å². The van der Waals surface area contributed by atoms with Gasteiger partial charge in [0.1, 0.15) is 22.2 Å². The van der Waals surface area contributed by atoms with Gasteiger partial charge in [-0.05, 0) is 12.5 Å². The molecule has 1 N–H and O–H groups in total. The second-order valence-corrected chi connectivity index (χ2v) is 6.41. The molecule has 4 aromatic rings. The molecular formula is C17H16N6S. The third-order valence-electron chi connectivity index (χ3n) is 3.72. The first-order valence-corrected chi connectivity index (χ1v) is 8.49. The molecule has 0 saturated heterocycles. The fourth-order valence-electron chi connectivity index (χ4n) is 2.66. The van der Waals surface area contributed by atoms with Gasteiger partial charge in [0.2, 0.25) is 0 Å². The van der Waals surface area contributed by atoms with Gasteiger partial charge in [-0.15, -0.1) is 16.4 Å². The van der Waals surface area contributed by atoms with Crippen LogP contribution < -0.4 is 5.32 Å². The molecule has 0 aliphatic heterocycles. The summed E-state index contributed by atoms with van der Waals surface area (Å²) in [7, 11) is 1.86. The zero-order chi connectivity index (χ0) is 16.5. The highest BCUT2D eigenvalue weighted by atomic mass is 32.1. The van der Waals surface area contributed by atoms with Crippen LogP contribution in [0.2, 0.25) is 0 Å². The van der Waals surface area contributed by atoms with Crippen molar-refractivity contribution >= 4 is 27.4 Å². The standard InChI is InChI=1S/C17H16N6S/c1-11-19-16(18-8-13-9-23(2)22-21-13)15-14(10-24-17(15)20-11)12-6-4-3-5-7-12/h3-7,9-10H,8H2,1-2H3,(H,18,19,20). The van der Waals surface area contributed by atoms with Crippen LogP contribution in [0.1, 0.15) is 11.5 Å². The molecule has 0 saturated carbocycles. The lowest BCUT2D eigenvalue weighted by Gasteiger charge is -2.08. The summed E-state index contributed by atoms with van der Waals surface area (Å²) in [5.74, 6) is 1.59. The van der Waals surface area contributed by atoms with Gasteiger partial charge >= 0.3 is 0 Å². The van der Waals surface area contributed by atoms with Crippen molar-refractivity contribution in [2.24, 2.45) is 7.05 Å². The number of aryl methyl sites for hydroxylation is 2. The minimum Gasteiger partial charge on any atom is -0.364 e. The molecule has 120 valence electrons. The largest absolute Gasteiger partial charge is 0.364 e. The maximum absolute atomic E-state index is 4.61. The molecule has 3 heterocycles. The van der Waals surface area contributed by atoms with Crippen LogP contribution in [0.25, 0.3) is 21.3 Å². The minimum absolute atomic E-state index is 0.573. The normalized spacial score (nSPS) is 11.1. The number of aromatic nitrogens is 5. The van der Waals surface area contributed by atoms with E-state index in [4.69, 9.17) is 0 Å². The molecule has 0 atom stereocenters. The van der Waals surface area contributed by atoms with E-state index in [0.29, 0.717) is 6.54 Å². The molecule has 3 aromatic heterocycles. The van der Waals surface area contributed by atoms with E-state index in [0.717, 1.165) is 33.1 Å². The van der Waals surface area contributed by atoms with Crippen molar-refractivity contribution in [1.29, 1.82) is 0 Å². The van der Waals surface area contributed by atoms with E-state index in [-0.39, 0.29) is 0 Å². The van der Waals surface area contributed by atoms with E-state index < -0.39 is 0 Å². The predicted octanol–water partition coefficient (Wildman–Crippen LogP) is 3.41. The van der Waals surface area contributed by atoms with Crippen LogP contribution in [0.15, 0.2) is 41.9 Å². The molecule has 0 spiro atoms. The lowest BCUT2D eigenvalue weighted by molar-refractivity contribution is 0.713. The lowest BCUT2D eigenvalue weighted by Crippen LogP contribution is -2.04. The Morgan fingerprint density at radius 1 is 1.17 bits per heavy atom. The monoisotopic (exact) mass is 336 g/mol. The zero-order valence-corrected chi connectivity index (χ0v) is 14.2.